The van der Waals surface area contributed by atoms with Crippen LogP contribution < -0.4 is 10.6 Å². The number of esters is 1. The minimum Gasteiger partial charge on any atom is -0.463 e. The predicted molar refractivity (Wildman–Crippen MR) is 125 cm³/mol. The summed E-state index contributed by atoms with van der Waals surface area (Å²) in [6.45, 7) is 2.00. The smallest absolute Gasteiger partial charge is 0.338 e. The number of ether oxygens (including phenoxy) is 1. The zero-order valence-electron chi connectivity index (χ0n) is 18.4. The largest absolute Gasteiger partial charge is 0.463 e. The van der Waals surface area contributed by atoms with E-state index in [0.717, 1.165) is 17.0 Å². The van der Waals surface area contributed by atoms with Crippen LogP contribution in [0.2, 0.25) is 0 Å². The van der Waals surface area contributed by atoms with Crippen molar-refractivity contribution in [3.8, 4) is 0 Å². The van der Waals surface area contributed by atoms with Gasteiger partial charge in [0.05, 0.1) is 18.2 Å². The van der Waals surface area contributed by atoms with Crippen LogP contribution in [0.25, 0.3) is 0 Å². The maximum Gasteiger partial charge on any atom is 0.338 e. The fourth-order valence-electron chi connectivity index (χ4n) is 3.62. The van der Waals surface area contributed by atoms with Gasteiger partial charge in [-0.3, -0.25) is 0 Å². The van der Waals surface area contributed by atoms with Gasteiger partial charge in [-0.15, -0.1) is 10.2 Å². The lowest BCUT2D eigenvalue weighted by molar-refractivity contribution is -0.139. The van der Waals surface area contributed by atoms with Crippen LogP contribution in [0.5, 0.6) is 0 Å². The molecule has 0 aliphatic carbocycles. The van der Waals surface area contributed by atoms with Crippen LogP contribution in [0.1, 0.15) is 29.9 Å². The molecule has 0 radical (unpaired) electrons. The van der Waals surface area contributed by atoms with Gasteiger partial charge in [0.15, 0.2) is 5.16 Å². The zero-order chi connectivity index (χ0) is 23.2. The molecule has 8 nitrogen and oxygen atoms in total. The van der Waals surface area contributed by atoms with E-state index in [4.69, 9.17) is 4.74 Å². The third-order valence-corrected chi connectivity index (χ3v) is 6.30. The quantitative estimate of drug-likeness (QED) is 0.393. The van der Waals surface area contributed by atoms with Gasteiger partial charge in [0, 0.05) is 24.9 Å². The number of thioether (sulfide) groups is 1. The molecule has 9 heteroatoms. The van der Waals surface area contributed by atoms with E-state index in [1.165, 1.54) is 11.8 Å². The molecule has 0 unspecified atom stereocenters. The lowest BCUT2D eigenvalue weighted by Gasteiger charge is -2.29. The maximum absolute atomic E-state index is 12.9. The summed E-state index contributed by atoms with van der Waals surface area (Å²) in [4.78, 5) is 25.3. The molecule has 2 heterocycles. The van der Waals surface area contributed by atoms with Gasteiger partial charge >= 0.3 is 12.0 Å². The van der Waals surface area contributed by atoms with Crippen molar-refractivity contribution in [1.82, 2.24) is 25.4 Å². The first kappa shape index (κ1) is 22.6. The standard InChI is InChI=1S/C24H25N5O3S/c1-3-32-22(30)20-18(25-23(31)26-21(20)17-12-8-5-9-13-17)15-33-24-28-27-19(29(24)2)14-16-10-6-4-7-11-16/h4-13,21H,3,14-15H2,1-2H3,(H2,25,26,31)/t21-/m1/s1. The van der Waals surface area contributed by atoms with Crippen molar-refractivity contribution in [3.05, 3.63) is 88.9 Å². The average molecular weight is 464 g/mol. The zero-order valence-corrected chi connectivity index (χ0v) is 19.3. The van der Waals surface area contributed by atoms with Crippen LogP contribution in [0, 0.1) is 0 Å². The molecule has 1 aromatic heterocycles. The van der Waals surface area contributed by atoms with Gasteiger partial charge < -0.3 is 19.9 Å². The summed E-state index contributed by atoms with van der Waals surface area (Å²) >= 11 is 1.40. The van der Waals surface area contributed by atoms with Crippen molar-refractivity contribution in [2.75, 3.05) is 12.4 Å². The third kappa shape index (κ3) is 5.25. The number of urea groups is 1. The molecule has 1 atom stereocenters. The Kier molecular flexibility index (Phi) is 7.09. The van der Waals surface area contributed by atoms with E-state index in [9.17, 15) is 9.59 Å². The van der Waals surface area contributed by atoms with Crippen molar-refractivity contribution in [2.24, 2.45) is 7.05 Å². The van der Waals surface area contributed by atoms with Crippen LogP contribution in [-0.2, 0) is 23.0 Å². The molecule has 0 spiro atoms. The molecule has 2 amide bonds. The molecular formula is C24H25N5O3S. The summed E-state index contributed by atoms with van der Waals surface area (Å²) in [5.74, 6) is 0.708. The van der Waals surface area contributed by atoms with Crippen molar-refractivity contribution < 1.29 is 14.3 Å². The van der Waals surface area contributed by atoms with Gasteiger partial charge in [0.1, 0.15) is 5.82 Å². The molecule has 2 aromatic carbocycles. The average Bonchev–Trinajstić information content (AvgIpc) is 3.17. The number of nitrogens with one attached hydrogen (secondary N) is 2. The number of aromatic nitrogens is 3. The summed E-state index contributed by atoms with van der Waals surface area (Å²) in [5.41, 5.74) is 2.85. The number of carbonyl (C=O) groups is 2. The van der Waals surface area contributed by atoms with E-state index in [0.29, 0.717) is 28.6 Å². The van der Waals surface area contributed by atoms with Crippen LogP contribution >= 0.6 is 11.8 Å². The molecule has 170 valence electrons. The molecular weight excluding hydrogens is 438 g/mol. The topological polar surface area (TPSA) is 98.1 Å². The number of carbonyl (C=O) groups excluding carboxylic acids is 2. The maximum atomic E-state index is 12.9. The highest BCUT2D eigenvalue weighted by molar-refractivity contribution is 7.99. The first-order chi connectivity index (χ1) is 16.1. The van der Waals surface area contributed by atoms with E-state index in [-0.39, 0.29) is 12.6 Å². The Morgan fingerprint density at radius 3 is 2.48 bits per heavy atom. The minimum absolute atomic E-state index is 0.240. The first-order valence-corrected chi connectivity index (χ1v) is 11.6. The monoisotopic (exact) mass is 463 g/mol. The van der Waals surface area contributed by atoms with Crippen molar-refractivity contribution in [2.45, 2.75) is 24.5 Å². The summed E-state index contributed by atoms with van der Waals surface area (Å²) in [6, 6.07) is 18.5. The number of rotatable bonds is 8. The Hall–Kier alpha value is -3.59. The number of hydrogen-bond donors (Lipinski definition) is 2. The van der Waals surface area contributed by atoms with Crippen LogP contribution in [-0.4, -0.2) is 39.1 Å². The lowest BCUT2D eigenvalue weighted by atomic mass is 9.95. The van der Waals surface area contributed by atoms with Crippen LogP contribution in [0.4, 0.5) is 4.79 Å². The molecule has 4 rings (SSSR count). The van der Waals surface area contributed by atoms with Gasteiger partial charge in [-0.2, -0.15) is 0 Å². The molecule has 3 aromatic rings. The highest BCUT2D eigenvalue weighted by atomic mass is 32.2. The summed E-state index contributed by atoms with van der Waals surface area (Å²) in [7, 11) is 1.91. The molecule has 1 aliphatic heterocycles. The van der Waals surface area contributed by atoms with Crippen LogP contribution in [0.15, 0.2) is 77.1 Å². The highest BCUT2D eigenvalue weighted by Gasteiger charge is 2.33. The Morgan fingerprint density at radius 2 is 1.79 bits per heavy atom. The number of benzene rings is 2. The summed E-state index contributed by atoms with van der Waals surface area (Å²) in [5, 5.41) is 15.0. The fourth-order valence-corrected chi connectivity index (χ4v) is 4.52. The minimum atomic E-state index is -0.595. The molecule has 33 heavy (non-hydrogen) atoms. The number of nitrogens with zero attached hydrogens (tertiary/aromatic N) is 3. The molecule has 0 saturated carbocycles. The Labute approximate surface area is 196 Å². The SMILES string of the molecule is CCOC(=O)C1=C(CSc2nnc(Cc3ccccc3)n2C)NC(=O)N[C@@H]1c1ccccc1. The normalized spacial score (nSPS) is 15.7. The Bertz CT molecular complexity index is 1160. The molecule has 1 aliphatic rings. The van der Waals surface area contributed by atoms with Gasteiger partial charge in [-0.1, -0.05) is 72.4 Å². The second-order valence-electron chi connectivity index (χ2n) is 7.46. The summed E-state index contributed by atoms with van der Waals surface area (Å²) < 4.78 is 7.24. The Morgan fingerprint density at radius 1 is 1.09 bits per heavy atom. The summed E-state index contributed by atoms with van der Waals surface area (Å²) in [6.07, 6.45) is 0.665. The van der Waals surface area contributed by atoms with Crippen molar-refractivity contribution >= 4 is 23.8 Å². The van der Waals surface area contributed by atoms with E-state index in [2.05, 4.69) is 20.8 Å². The molecule has 0 saturated heterocycles. The predicted octanol–water partition coefficient (Wildman–Crippen LogP) is 3.37. The number of amides is 2. The lowest BCUT2D eigenvalue weighted by Crippen LogP contribution is -2.46. The highest BCUT2D eigenvalue weighted by Crippen LogP contribution is 2.30. The van der Waals surface area contributed by atoms with Gasteiger partial charge in [-0.25, -0.2) is 9.59 Å². The molecule has 2 N–H and O–H groups in total. The van der Waals surface area contributed by atoms with Crippen LogP contribution in [0.3, 0.4) is 0 Å². The number of hydrogen-bond acceptors (Lipinski definition) is 6. The van der Waals surface area contributed by atoms with Gasteiger partial charge in [0.25, 0.3) is 0 Å². The van der Waals surface area contributed by atoms with E-state index in [1.807, 2.05) is 72.3 Å². The van der Waals surface area contributed by atoms with Gasteiger partial charge in [-0.05, 0) is 18.1 Å². The first-order valence-electron chi connectivity index (χ1n) is 10.6. The van der Waals surface area contributed by atoms with E-state index < -0.39 is 12.0 Å². The Balaban J connectivity index is 1.59. The van der Waals surface area contributed by atoms with Crippen molar-refractivity contribution in [3.63, 3.8) is 0 Å². The van der Waals surface area contributed by atoms with Gasteiger partial charge in [0.2, 0.25) is 0 Å². The second kappa shape index (κ2) is 10.4. The van der Waals surface area contributed by atoms with E-state index >= 15 is 0 Å². The van der Waals surface area contributed by atoms with E-state index in [1.54, 1.807) is 6.92 Å². The third-order valence-electron chi connectivity index (χ3n) is 5.26. The van der Waals surface area contributed by atoms with Crippen molar-refractivity contribution in [1.29, 1.82) is 0 Å². The second-order valence-corrected chi connectivity index (χ2v) is 8.41. The molecule has 0 bridgehead atoms. The fraction of sp³-hybridized carbons (Fsp3) is 0.250. The molecule has 0 fully saturated rings.